The second-order valence-corrected chi connectivity index (χ2v) is 5.38. The van der Waals surface area contributed by atoms with Crippen molar-refractivity contribution in [3.63, 3.8) is 0 Å². The van der Waals surface area contributed by atoms with Crippen LogP contribution in [0.25, 0.3) is 0 Å². The van der Waals surface area contributed by atoms with E-state index in [9.17, 15) is 9.59 Å². The minimum Gasteiger partial charge on any atom is -0.463 e. The summed E-state index contributed by atoms with van der Waals surface area (Å²) in [7, 11) is 0. The van der Waals surface area contributed by atoms with E-state index in [1.807, 2.05) is 6.92 Å². The molecule has 6 nitrogen and oxygen atoms in total. The molecule has 0 heterocycles. The van der Waals surface area contributed by atoms with Crippen molar-refractivity contribution in [2.75, 3.05) is 13.2 Å². The number of allylic oxidation sites excluding steroid dienone is 2. The number of nitrogens with zero attached hydrogens (tertiary/aromatic N) is 2. The maximum atomic E-state index is 10.9. The van der Waals surface area contributed by atoms with E-state index >= 15 is 0 Å². The van der Waals surface area contributed by atoms with Crippen molar-refractivity contribution in [1.82, 2.24) is 0 Å². The molecule has 0 saturated carbocycles. The van der Waals surface area contributed by atoms with Crippen molar-refractivity contribution < 1.29 is 19.1 Å². The first-order chi connectivity index (χ1) is 12.6. The van der Waals surface area contributed by atoms with Crippen molar-refractivity contribution in [3.05, 3.63) is 24.3 Å². The Kier molecular flexibility index (Phi) is 22.1. The molecule has 144 valence electrons. The summed E-state index contributed by atoms with van der Waals surface area (Å²) in [6, 6.07) is 3.45. The molecule has 0 fully saturated rings. The lowest BCUT2D eigenvalue weighted by molar-refractivity contribution is -0.138. The summed E-state index contributed by atoms with van der Waals surface area (Å²) in [5.41, 5.74) is 0. The first-order valence-corrected chi connectivity index (χ1v) is 9.08. The van der Waals surface area contributed by atoms with Gasteiger partial charge in [-0.1, -0.05) is 52.4 Å². The summed E-state index contributed by atoms with van der Waals surface area (Å²) in [5.74, 6) is -0.870. The molecule has 0 aromatic carbocycles. The topological polar surface area (TPSA) is 100 Å². The monoisotopic (exact) mass is 362 g/mol. The van der Waals surface area contributed by atoms with Gasteiger partial charge in [0.25, 0.3) is 0 Å². The lowest BCUT2D eigenvalue weighted by atomic mass is 10.1. The maximum Gasteiger partial charge on any atom is 0.331 e. The van der Waals surface area contributed by atoms with Gasteiger partial charge in [-0.15, -0.1) is 0 Å². The third kappa shape index (κ3) is 23.7. The van der Waals surface area contributed by atoms with E-state index in [-0.39, 0.29) is 0 Å². The Labute approximate surface area is 157 Å². The van der Waals surface area contributed by atoms with Gasteiger partial charge in [0.15, 0.2) is 0 Å². The third-order valence-electron chi connectivity index (χ3n) is 3.07. The number of carbonyl (C=O) groups excluding carboxylic acids is 2. The minimum absolute atomic E-state index is 0.426. The van der Waals surface area contributed by atoms with Gasteiger partial charge in [-0.3, -0.25) is 0 Å². The second kappa shape index (κ2) is 22.4. The normalized spacial score (nSPS) is 9.85. The van der Waals surface area contributed by atoms with E-state index in [1.165, 1.54) is 25.7 Å². The summed E-state index contributed by atoms with van der Waals surface area (Å²) in [4.78, 5) is 21.5. The molecule has 0 bridgehead atoms. The SMILES string of the molecule is CCCCCCCCOC(=O)C=CC#N.CCCCOC(=O)C=CC#N. The highest BCUT2D eigenvalue weighted by Crippen LogP contribution is 2.04. The predicted octanol–water partition coefficient (Wildman–Crippen LogP) is 4.38. The van der Waals surface area contributed by atoms with Gasteiger partial charge >= 0.3 is 11.9 Å². The molecular formula is C20H30N2O4. The summed E-state index contributed by atoms with van der Waals surface area (Å²) in [6.45, 7) is 5.09. The molecule has 0 unspecified atom stereocenters. The van der Waals surface area contributed by atoms with Crippen molar-refractivity contribution in [1.29, 1.82) is 10.5 Å². The van der Waals surface area contributed by atoms with Crippen molar-refractivity contribution in [3.8, 4) is 12.1 Å². The molecule has 0 aromatic heterocycles. The fourth-order valence-corrected chi connectivity index (χ4v) is 1.68. The number of carbonyl (C=O) groups is 2. The highest BCUT2D eigenvalue weighted by atomic mass is 16.5. The van der Waals surface area contributed by atoms with Crippen LogP contribution in [0.1, 0.15) is 65.2 Å². The van der Waals surface area contributed by atoms with Gasteiger partial charge < -0.3 is 9.47 Å². The second-order valence-electron chi connectivity index (χ2n) is 5.38. The van der Waals surface area contributed by atoms with E-state index in [0.29, 0.717) is 13.2 Å². The standard InChI is InChI=1S/C12H19NO2.C8H11NO2/c1-2-3-4-5-6-7-11-15-12(14)9-8-10-13;1-2-3-7-11-8(10)5-4-6-9/h8-9H,2-7,11H2,1H3;4-5H,2-3,7H2,1H3. The van der Waals surface area contributed by atoms with Gasteiger partial charge in [0.1, 0.15) is 0 Å². The maximum absolute atomic E-state index is 10.9. The van der Waals surface area contributed by atoms with E-state index in [0.717, 1.165) is 50.0 Å². The molecule has 0 spiro atoms. The zero-order valence-corrected chi connectivity index (χ0v) is 15.9. The Morgan fingerprint density at radius 2 is 1.15 bits per heavy atom. The molecule has 0 aliphatic heterocycles. The summed E-state index contributed by atoms with van der Waals surface area (Å²) < 4.78 is 9.58. The number of hydrogen-bond acceptors (Lipinski definition) is 6. The molecule has 0 aromatic rings. The van der Waals surface area contributed by atoms with Gasteiger partial charge in [-0.05, 0) is 12.8 Å². The summed E-state index contributed by atoms with van der Waals surface area (Å²) in [6.07, 6.45) is 13.4. The lowest BCUT2D eigenvalue weighted by Gasteiger charge is -2.01. The minimum atomic E-state index is -0.444. The number of esters is 2. The molecule has 0 amide bonds. The summed E-state index contributed by atoms with van der Waals surface area (Å²) >= 11 is 0. The number of unbranched alkanes of at least 4 members (excludes halogenated alkanes) is 6. The molecule has 0 saturated heterocycles. The van der Waals surface area contributed by atoms with Gasteiger partial charge in [0.2, 0.25) is 0 Å². The molecule has 6 heteroatoms. The van der Waals surface area contributed by atoms with Crippen molar-refractivity contribution in [2.24, 2.45) is 0 Å². The molecule has 0 radical (unpaired) electrons. The van der Waals surface area contributed by atoms with Gasteiger partial charge in [0, 0.05) is 24.3 Å². The lowest BCUT2D eigenvalue weighted by Crippen LogP contribution is -2.01. The molecule has 0 N–H and O–H groups in total. The molecule has 0 atom stereocenters. The highest BCUT2D eigenvalue weighted by molar-refractivity contribution is 5.82. The fraction of sp³-hybridized carbons (Fsp3) is 0.600. The number of ether oxygens (including phenoxy) is 2. The predicted molar refractivity (Wildman–Crippen MR) is 99.7 cm³/mol. The van der Waals surface area contributed by atoms with Gasteiger partial charge in [-0.25, -0.2) is 9.59 Å². The Morgan fingerprint density at radius 3 is 1.62 bits per heavy atom. The molecule has 0 aliphatic rings. The first kappa shape index (κ1) is 25.6. The van der Waals surface area contributed by atoms with E-state index in [1.54, 1.807) is 12.1 Å². The summed E-state index contributed by atoms with van der Waals surface area (Å²) in [5, 5.41) is 16.2. The van der Waals surface area contributed by atoms with Crippen LogP contribution in [0.5, 0.6) is 0 Å². The number of nitriles is 2. The van der Waals surface area contributed by atoms with Crippen LogP contribution in [0.15, 0.2) is 24.3 Å². The Balaban J connectivity index is 0. The van der Waals surface area contributed by atoms with E-state index in [4.69, 9.17) is 20.0 Å². The molecular weight excluding hydrogens is 332 g/mol. The fourth-order valence-electron chi connectivity index (χ4n) is 1.68. The first-order valence-electron chi connectivity index (χ1n) is 9.08. The smallest absolute Gasteiger partial charge is 0.331 e. The third-order valence-corrected chi connectivity index (χ3v) is 3.07. The zero-order chi connectivity index (χ0) is 19.9. The largest absolute Gasteiger partial charge is 0.463 e. The van der Waals surface area contributed by atoms with Gasteiger partial charge in [-0.2, -0.15) is 10.5 Å². The molecule has 26 heavy (non-hydrogen) atoms. The van der Waals surface area contributed by atoms with Crippen LogP contribution in [-0.4, -0.2) is 25.2 Å². The Hall–Kier alpha value is -2.60. The average Bonchev–Trinajstić information content (AvgIpc) is 2.64. The van der Waals surface area contributed by atoms with Crippen LogP contribution in [-0.2, 0) is 19.1 Å². The van der Waals surface area contributed by atoms with Crippen LogP contribution in [0.4, 0.5) is 0 Å². The van der Waals surface area contributed by atoms with E-state index in [2.05, 4.69) is 6.92 Å². The zero-order valence-electron chi connectivity index (χ0n) is 15.9. The van der Waals surface area contributed by atoms with Crippen LogP contribution < -0.4 is 0 Å². The number of rotatable bonds is 12. The van der Waals surface area contributed by atoms with Crippen LogP contribution >= 0.6 is 0 Å². The van der Waals surface area contributed by atoms with Crippen molar-refractivity contribution >= 4 is 11.9 Å². The van der Waals surface area contributed by atoms with Crippen LogP contribution in [0.3, 0.4) is 0 Å². The Bertz CT molecular complexity index is 499. The number of hydrogen-bond donors (Lipinski definition) is 0. The van der Waals surface area contributed by atoms with Crippen molar-refractivity contribution in [2.45, 2.75) is 65.2 Å². The van der Waals surface area contributed by atoms with E-state index < -0.39 is 11.9 Å². The van der Waals surface area contributed by atoms with Crippen LogP contribution in [0, 0.1) is 22.7 Å². The highest BCUT2D eigenvalue weighted by Gasteiger charge is 1.96. The molecule has 0 aliphatic carbocycles. The quantitative estimate of drug-likeness (QED) is 0.221. The Morgan fingerprint density at radius 1 is 0.731 bits per heavy atom. The van der Waals surface area contributed by atoms with Gasteiger partial charge in [0.05, 0.1) is 25.4 Å². The average molecular weight is 362 g/mol. The van der Waals surface area contributed by atoms with Crippen LogP contribution in [0.2, 0.25) is 0 Å². The molecule has 0 rings (SSSR count).